The fourth-order valence-corrected chi connectivity index (χ4v) is 8.90. The van der Waals surface area contributed by atoms with Gasteiger partial charge in [0.1, 0.15) is 0 Å². The Labute approximate surface area is 209 Å². The standard InChI is InChI=1S/C31H58BN/c1-7-9-11-13-16-26-20-21-28(22-26)32(33(24(3)4)25(5)6)31-23-27(17-12-10-8-2)29-18-14-15-19-30(29)31/h8,24-31H,2,7,9-23H2,1,3-6H3. The van der Waals surface area contributed by atoms with Gasteiger partial charge in [0.2, 0.25) is 6.85 Å². The van der Waals surface area contributed by atoms with E-state index in [4.69, 9.17) is 0 Å². The van der Waals surface area contributed by atoms with E-state index in [0.29, 0.717) is 12.1 Å². The van der Waals surface area contributed by atoms with E-state index < -0.39 is 0 Å². The Morgan fingerprint density at radius 2 is 1.58 bits per heavy atom. The molecule has 0 aromatic rings. The summed E-state index contributed by atoms with van der Waals surface area (Å²) in [4.78, 5) is 3.01. The molecule has 3 saturated carbocycles. The van der Waals surface area contributed by atoms with Crippen LogP contribution in [0.25, 0.3) is 0 Å². The van der Waals surface area contributed by atoms with Crippen LogP contribution in [-0.4, -0.2) is 23.7 Å². The van der Waals surface area contributed by atoms with Crippen molar-refractivity contribution in [3.05, 3.63) is 12.7 Å². The first-order valence-electron chi connectivity index (χ1n) is 15.4. The van der Waals surface area contributed by atoms with E-state index in [2.05, 4.69) is 52.1 Å². The van der Waals surface area contributed by atoms with Gasteiger partial charge in [-0.05, 0) is 73.1 Å². The fraction of sp³-hybridized carbons (Fsp3) is 0.935. The van der Waals surface area contributed by atoms with Crippen LogP contribution in [0.2, 0.25) is 11.6 Å². The van der Waals surface area contributed by atoms with Gasteiger partial charge < -0.3 is 4.81 Å². The quantitative estimate of drug-likeness (QED) is 0.143. The molecule has 0 radical (unpaired) electrons. The molecule has 3 aliphatic rings. The molecule has 3 rings (SSSR count). The third-order valence-corrected chi connectivity index (χ3v) is 10.1. The lowest BCUT2D eigenvalue weighted by molar-refractivity contribution is 0.213. The van der Waals surface area contributed by atoms with Crippen molar-refractivity contribution in [1.29, 1.82) is 0 Å². The SMILES string of the molecule is C=CCCCC1CC(B(C2CCC(CCCCCC)C2)N(C(C)C)C(C)C)C2CCCCC12. The summed E-state index contributed by atoms with van der Waals surface area (Å²) in [5.41, 5.74) is 0. The van der Waals surface area contributed by atoms with Gasteiger partial charge in [-0.1, -0.05) is 118 Å². The summed E-state index contributed by atoms with van der Waals surface area (Å²) in [7, 11) is 0. The second-order valence-electron chi connectivity index (χ2n) is 12.9. The molecule has 0 aromatic carbocycles. The highest BCUT2D eigenvalue weighted by Gasteiger charge is 2.52. The molecule has 1 nitrogen and oxygen atoms in total. The Morgan fingerprint density at radius 3 is 2.24 bits per heavy atom. The Bertz CT molecular complexity index is 549. The largest absolute Gasteiger partial charge is 0.337 e. The van der Waals surface area contributed by atoms with Crippen LogP contribution < -0.4 is 0 Å². The molecular weight excluding hydrogens is 397 g/mol. The first-order valence-corrected chi connectivity index (χ1v) is 15.4. The molecule has 33 heavy (non-hydrogen) atoms. The molecule has 0 aromatic heterocycles. The predicted octanol–water partition coefficient (Wildman–Crippen LogP) is 9.79. The maximum absolute atomic E-state index is 4.00. The van der Waals surface area contributed by atoms with Gasteiger partial charge >= 0.3 is 0 Å². The van der Waals surface area contributed by atoms with Gasteiger partial charge in [-0.15, -0.1) is 6.58 Å². The Balaban J connectivity index is 1.77. The highest BCUT2D eigenvalue weighted by atomic mass is 15.1. The summed E-state index contributed by atoms with van der Waals surface area (Å²) in [5, 5.41) is 0. The van der Waals surface area contributed by atoms with Crippen LogP contribution in [-0.2, 0) is 0 Å². The second-order valence-corrected chi connectivity index (χ2v) is 12.9. The van der Waals surface area contributed by atoms with Crippen molar-refractivity contribution in [3.8, 4) is 0 Å². The van der Waals surface area contributed by atoms with Crippen molar-refractivity contribution >= 4 is 6.85 Å². The lowest BCUT2D eigenvalue weighted by Crippen LogP contribution is -2.53. The number of fused-ring (bicyclic) bond motifs is 1. The number of hydrogen-bond acceptors (Lipinski definition) is 1. The summed E-state index contributed by atoms with van der Waals surface area (Å²) in [6.45, 7) is 17.1. The van der Waals surface area contributed by atoms with Gasteiger partial charge in [0.15, 0.2) is 0 Å². The monoisotopic (exact) mass is 455 g/mol. The minimum Gasteiger partial charge on any atom is -0.337 e. The number of unbranched alkanes of at least 4 members (excludes halogenated alkanes) is 4. The maximum Gasteiger partial charge on any atom is 0.230 e. The maximum atomic E-state index is 4.00. The third kappa shape index (κ3) is 7.14. The van der Waals surface area contributed by atoms with E-state index in [1.165, 1.54) is 103 Å². The molecule has 0 aliphatic heterocycles. The summed E-state index contributed by atoms with van der Waals surface area (Å²) >= 11 is 0. The van der Waals surface area contributed by atoms with E-state index >= 15 is 0 Å². The summed E-state index contributed by atoms with van der Waals surface area (Å²) in [6, 6.07) is 1.33. The number of allylic oxidation sites excluding steroid dienone is 1. The lowest BCUT2D eigenvalue weighted by atomic mass is 9.37. The topological polar surface area (TPSA) is 3.24 Å². The van der Waals surface area contributed by atoms with Crippen LogP contribution in [0.15, 0.2) is 12.7 Å². The van der Waals surface area contributed by atoms with Crippen LogP contribution in [0.1, 0.15) is 137 Å². The van der Waals surface area contributed by atoms with Crippen molar-refractivity contribution in [2.24, 2.45) is 23.7 Å². The van der Waals surface area contributed by atoms with Crippen LogP contribution in [0.4, 0.5) is 0 Å². The van der Waals surface area contributed by atoms with Crippen LogP contribution >= 0.6 is 0 Å². The molecule has 190 valence electrons. The van der Waals surface area contributed by atoms with Crippen LogP contribution in [0, 0.1) is 23.7 Å². The zero-order valence-corrected chi connectivity index (χ0v) is 23.2. The zero-order valence-electron chi connectivity index (χ0n) is 23.2. The normalized spacial score (nSPS) is 32.1. The zero-order chi connectivity index (χ0) is 23.8. The fourth-order valence-electron chi connectivity index (χ4n) is 8.90. The van der Waals surface area contributed by atoms with Gasteiger partial charge in [0, 0.05) is 0 Å². The number of rotatable bonds is 14. The van der Waals surface area contributed by atoms with Gasteiger partial charge in [-0.25, -0.2) is 0 Å². The molecule has 0 spiro atoms. The Hall–Kier alpha value is -0.235. The van der Waals surface area contributed by atoms with Crippen molar-refractivity contribution in [1.82, 2.24) is 4.81 Å². The van der Waals surface area contributed by atoms with Crippen molar-refractivity contribution in [2.75, 3.05) is 0 Å². The third-order valence-electron chi connectivity index (χ3n) is 10.1. The van der Waals surface area contributed by atoms with Crippen LogP contribution in [0.3, 0.4) is 0 Å². The van der Waals surface area contributed by atoms with Crippen molar-refractivity contribution < 1.29 is 0 Å². The number of hydrogen-bond donors (Lipinski definition) is 0. The van der Waals surface area contributed by atoms with E-state index in [1.54, 1.807) is 0 Å². The molecule has 0 bridgehead atoms. The molecule has 0 saturated heterocycles. The first kappa shape index (κ1) is 27.4. The van der Waals surface area contributed by atoms with Gasteiger partial charge in [-0.3, -0.25) is 0 Å². The smallest absolute Gasteiger partial charge is 0.230 e. The molecule has 2 heteroatoms. The second kappa shape index (κ2) is 13.7. The average molecular weight is 456 g/mol. The molecule has 0 N–H and O–H groups in total. The predicted molar refractivity (Wildman–Crippen MR) is 149 cm³/mol. The van der Waals surface area contributed by atoms with Gasteiger partial charge in [0.05, 0.1) is 0 Å². The Morgan fingerprint density at radius 1 is 0.848 bits per heavy atom. The Kier molecular flexibility index (Phi) is 11.4. The minimum absolute atomic E-state index is 0.667. The van der Waals surface area contributed by atoms with E-state index in [9.17, 15) is 0 Å². The molecular formula is C31H58BN. The summed E-state index contributed by atoms with van der Waals surface area (Å²) < 4.78 is 0. The molecule has 0 heterocycles. The average Bonchev–Trinajstić information content (AvgIpc) is 3.40. The number of nitrogens with zero attached hydrogens (tertiary/aromatic N) is 1. The lowest BCUT2D eigenvalue weighted by Gasteiger charge is -2.45. The molecule has 0 amide bonds. The van der Waals surface area contributed by atoms with Crippen molar-refractivity contribution in [2.45, 2.75) is 161 Å². The molecule has 6 unspecified atom stereocenters. The van der Waals surface area contributed by atoms with Gasteiger partial charge in [0.25, 0.3) is 0 Å². The highest BCUT2D eigenvalue weighted by Crippen LogP contribution is 2.58. The summed E-state index contributed by atoms with van der Waals surface area (Å²) in [6.07, 6.45) is 25.6. The van der Waals surface area contributed by atoms with Gasteiger partial charge in [-0.2, -0.15) is 0 Å². The van der Waals surface area contributed by atoms with Crippen LogP contribution in [0.5, 0.6) is 0 Å². The van der Waals surface area contributed by atoms with E-state index in [1.807, 2.05) is 0 Å². The molecule has 3 aliphatic carbocycles. The minimum atomic E-state index is 0.667. The van der Waals surface area contributed by atoms with Crippen molar-refractivity contribution in [3.63, 3.8) is 0 Å². The molecule has 6 atom stereocenters. The first-order chi connectivity index (χ1) is 16.0. The van der Waals surface area contributed by atoms with E-state index in [0.717, 1.165) is 42.2 Å². The highest BCUT2D eigenvalue weighted by molar-refractivity contribution is 6.59. The summed E-state index contributed by atoms with van der Waals surface area (Å²) in [5.74, 6) is 5.96. The molecule has 3 fully saturated rings. The van der Waals surface area contributed by atoms with E-state index in [-0.39, 0.29) is 0 Å².